The zero-order valence-corrected chi connectivity index (χ0v) is 17.5. The first-order valence-electron chi connectivity index (χ1n) is 10.3. The maximum Gasteiger partial charge on any atom is 0.258 e. The molecule has 28 heavy (non-hydrogen) atoms. The maximum atomic E-state index is 12.3. The molecule has 4 heteroatoms. The predicted molar refractivity (Wildman–Crippen MR) is 115 cm³/mol. The number of aryl methyl sites for hydroxylation is 2. The Labute approximate surface area is 168 Å². The Balaban J connectivity index is 1.52. The maximum absolute atomic E-state index is 12.3. The lowest BCUT2D eigenvalue weighted by Gasteiger charge is -2.33. The van der Waals surface area contributed by atoms with E-state index in [0.717, 1.165) is 41.4 Å². The fourth-order valence-corrected chi connectivity index (χ4v) is 3.93. The number of nitrogens with one attached hydrogen (secondary N) is 1. The smallest absolute Gasteiger partial charge is 0.258 e. The lowest BCUT2D eigenvalue weighted by atomic mass is 9.99. The molecule has 2 atom stereocenters. The number of carbonyl (C=O) groups excluding carboxylic acids is 1. The van der Waals surface area contributed by atoms with Crippen molar-refractivity contribution in [3.8, 4) is 5.75 Å². The molecule has 1 aliphatic heterocycles. The van der Waals surface area contributed by atoms with E-state index in [4.69, 9.17) is 4.74 Å². The number of rotatable bonds is 6. The van der Waals surface area contributed by atoms with Crippen LogP contribution in [-0.4, -0.2) is 25.6 Å². The van der Waals surface area contributed by atoms with E-state index < -0.39 is 0 Å². The van der Waals surface area contributed by atoms with Gasteiger partial charge in [0.05, 0.1) is 6.04 Å². The zero-order chi connectivity index (χ0) is 20.1. The van der Waals surface area contributed by atoms with Crippen LogP contribution in [0.4, 0.5) is 5.69 Å². The molecule has 0 aliphatic carbocycles. The topological polar surface area (TPSA) is 41.6 Å². The Morgan fingerprint density at radius 3 is 2.50 bits per heavy atom. The monoisotopic (exact) mass is 380 g/mol. The molecule has 0 bridgehead atoms. The van der Waals surface area contributed by atoms with E-state index >= 15 is 0 Å². The van der Waals surface area contributed by atoms with E-state index in [-0.39, 0.29) is 18.6 Å². The quantitative estimate of drug-likeness (QED) is 0.783. The van der Waals surface area contributed by atoms with Crippen molar-refractivity contribution >= 4 is 11.6 Å². The van der Waals surface area contributed by atoms with Crippen LogP contribution in [0.25, 0.3) is 0 Å². The van der Waals surface area contributed by atoms with Crippen LogP contribution in [-0.2, 0) is 4.79 Å². The van der Waals surface area contributed by atoms with Gasteiger partial charge >= 0.3 is 0 Å². The largest absolute Gasteiger partial charge is 0.484 e. The molecule has 2 aromatic rings. The van der Waals surface area contributed by atoms with Crippen molar-refractivity contribution in [2.75, 3.05) is 24.6 Å². The number of anilines is 1. The minimum Gasteiger partial charge on any atom is -0.484 e. The van der Waals surface area contributed by atoms with Gasteiger partial charge in [0, 0.05) is 18.8 Å². The first kappa shape index (κ1) is 20.2. The Kier molecular flexibility index (Phi) is 6.61. The molecular formula is C24H32N2O2. The molecule has 1 amide bonds. The van der Waals surface area contributed by atoms with Crippen molar-refractivity contribution in [2.24, 2.45) is 5.92 Å². The highest BCUT2D eigenvalue weighted by molar-refractivity contribution is 5.78. The van der Waals surface area contributed by atoms with Gasteiger partial charge in [-0.25, -0.2) is 0 Å². The van der Waals surface area contributed by atoms with Gasteiger partial charge in [0.2, 0.25) is 0 Å². The molecule has 0 saturated carbocycles. The summed E-state index contributed by atoms with van der Waals surface area (Å²) in [5.74, 6) is 1.38. The summed E-state index contributed by atoms with van der Waals surface area (Å²) in [6, 6.07) is 14.5. The summed E-state index contributed by atoms with van der Waals surface area (Å²) in [6.07, 6.45) is 2.58. The number of ether oxygens (including phenoxy) is 1. The fraction of sp³-hybridized carbons (Fsp3) is 0.458. The Hall–Kier alpha value is -2.49. The van der Waals surface area contributed by atoms with Crippen LogP contribution in [0.2, 0.25) is 0 Å². The molecule has 0 aromatic heterocycles. The molecule has 1 saturated heterocycles. The second kappa shape index (κ2) is 9.13. The third-order valence-electron chi connectivity index (χ3n) is 5.36. The molecule has 0 unspecified atom stereocenters. The van der Waals surface area contributed by atoms with E-state index in [2.05, 4.69) is 47.5 Å². The van der Waals surface area contributed by atoms with Crippen LogP contribution in [0.15, 0.2) is 42.5 Å². The molecule has 3 rings (SSSR count). The highest BCUT2D eigenvalue weighted by Gasteiger charge is 2.17. The summed E-state index contributed by atoms with van der Waals surface area (Å²) < 4.78 is 5.66. The third-order valence-corrected chi connectivity index (χ3v) is 5.36. The van der Waals surface area contributed by atoms with Crippen molar-refractivity contribution < 1.29 is 9.53 Å². The van der Waals surface area contributed by atoms with Crippen LogP contribution >= 0.6 is 0 Å². The minimum atomic E-state index is -0.111. The van der Waals surface area contributed by atoms with Crippen molar-refractivity contribution in [3.05, 3.63) is 59.2 Å². The highest BCUT2D eigenvalue weighted by Crippen LogP contribution is 2.24. The number of nitrogens with zero attached hydrogens (tertiary/aromatic N) is 1. The van der Waals surface area contributed by atoms with Gasteiger partial charge in [-0.2, -0.15) is 0 Å². The van der Waals surface area contributed by atoms with Crippen LogP contribution in [0.5, 0.6) is 5.75 Å². The zero-order valence-electron chi connectivity index (χ0n) is 17.5. The standard InChI is InChI=1S/C24H32N2O2/c1-17-6-5-11-26(15-17)22-9-7-21(8-10-22)20(4)25-24(27)16-28-23-13-18(2)12-19(3)14-23/h7-10,12-14,17,20H,5-6,11,15-16H2,1-4H3,(H,25,27)/t17-,20-/m1/s1. The second-order valence-electron chi connectivity index (χ2n) is 8.19. The van der Waals surface area contributed by atoms with Gasteiger partial charge in [-0.05, 0) is 80.5 Å². The van der Waals surface area contributed by atoms with Gasteiger partial charge in [-0.1, -0.05) is 25.1 Å². The summed E-state index contributed by atoms with van der Waals surface area (Å²) in [5.41, 5.74) is 4.64. The summed E-state index contributed by atoms with van der Waals surface area (Å²) >= 11 is 0. The third kappa shape index (κ3) is 5.51. The highest BCUT2D eigenvalue weighted by atomic mass is 16.5. The predicted octanol–water partition coefficient (Wildman–Crippen LogP) is 4.80. The summed E-state index contributed by atoms with van der Waals surface area (Å²) in [6.45, 7) is 10.7. The van der Waals surface area contributed by atoms with E-state index in [1.165, 1.54) is 18.5 Å². The van der Waals surface area contributed by atoms with Crippen molar-refractivity contribution in [1.82, 2.24) is 5.32 Å². The molecule has 1 heterocycles. The number of piperidine rings is 1. The van der Waals surface area contributed by atoms with E-state index in [1.807, 2.05) is 32.9 Å². The van der Waals surface area contributed by atoms with Gasteiger partial charge in [0.1, 0.15) is 5.75 Å². The van der Waals surface area contributed by atoms with Gasteiger partial charge in [0.15, 0.2) is 6.61 Å². The van der Waals surface area contributed by atoms with Gasteiger partial charge in [-0.15, -0.1) is 0 Å². The average Bonchev–Trinajstić information content (AvgIpc) is 2.66. The number of benzene rings is 2. The van der Waals surface area contributed by atoms with Gasteiger partial charge in [0.25, 0.3) is 5.91 Å². The molecule has 1 N–H and O–H groups in total. The molecule has 0 radical (unpaired) electrons. The van der Waals surface area contributed by atoms with Gasteiger partial charge < -0.3 is 15.0 Å². The molecule has 4 nitrogen and oxygen atoms in total. The summed E-state index contributed by atoms with van der Waals surface area (Å²) in [5, 5.41) is 3.02. The van der Waals surface area contributed by atoms with Gasteiger partial charge in [-0.3, -0.25) is 4.79 Å². The molecule has 1 fully saturated rings. The number of carbonyl (C=O) groups is 1. The molecule has 1 aliphatic rings. The normalized spacial score (nSPS) is 17.9. The molecular weight excluding hydrogens is 348 g/mol. The van der Waals surface area contributed by atoms with E-state index in [0.29, 0.717) is 0 Å². The number of hydrogen-bond donors (Lipinski definition) is 1. The van der Waals surface area contributed by atoms with Crippen LogP contribution < -0.4 is 15.0 Å². The van der Waals surface area contributed by atoms with Crippen molar-refractivity contribution in [3.63, 3.8) is 0 Å². The van der Waals surface area contributed by atoms with Crippen LogP contribution in [0.1, 0.15) is 49.4 Å². The van der Waals surface area contributed by atoms with Crippen LogP contribution in [0, 0.1) is 19.8 Å². The Morgan fingerprint density at radius 2 is 1.86 bits per heavy atom. The minimum absolute atomic E-state index is 0.0248. The average molecular weight is 381 g/mol. The van der Waals surface area contributed by atoms with E-state index in [9.17, 15) is 4.79 Å². The molecule has 0 spiro atoms. The fourth-order valence-electron chi connectivity index (χ4n) is 3.93. The SMILES string of the molecule is Cc1cc(C)cc(OCC(=O)N[C@H](C)c2ccc(N3CCC[C@@H](C)C3)cc2)c1. The second-order valence-corrected chi connectivity index (χ2v) is 8.19. The molecule has 2 aromatic carbocycles. The first-order valence-corrected chi connectivity index (χ1v) is 10.3. The molecule has 150 valence electrons. The first-order chi connectivity index (χ1) is 13.4. The van der Waals surface area contributed by atoms with Crippen LogP contribution in [0.3, 0.4) is 0 Å². The Bertz CT molecular complexity index is 781. The number of hydrogen-bond acceptors (Lipinski definition) is 3. The lowest BCUT2D eigenvalue weighted by Crippen LogP contribution is -2.34. The van der Waals surface area contributed by atoms with E-state index in [1.54, 1.807) is 0 Å². The summed E-state index contributed by atoms with van der Waals surface area (Å²) in [4.78, 5) is 14.7. The lowest BCUT2D eigenvalue weighted by molar-refractivity contribution is -0.123. The van der Waals surface area contributed by atoms with Crippen molar-refractivity contribution in [1.29, 1.82) is 0 Å². The Morgan fingerprint density at radius 1 is 1.18 bits per heavy atom. The van der Waals surface area contributed by atoms with Crippen molar-refractivity contribution in [2.45, 2.75) is 46.6 Å². The number of amides is 1. The summed E-state index contributed by atoms with van der Waals surface area (Å²) in [7, 11) is 0.